The van der Waals surface area contributed by atoms with Crippen LogP contribution in [0.4, 0.5) is 4.79 Å². The van der Waals surface area contributed by atoms with Crippen LogP contribution in [0.5, 0.6) is 0 Å². The Kier molecular flexibility index (Phi) is 6.04. The number of carbonyl (C=O) groups excluding carboxylic acids is 1. The monoisotopic (exact) mass is 310 g/mol. The van der Waals surface area contributed by atoms with Gasteiger partial charge in [0.05, 0.1) is 6.61 Å². The maximum Gasteiger partial charge on any atom is 0.314 e. The number of ether oxygens (including phenoxy) is 1. The Labute approximate surface area is 126 Å². The lowest BCUT2D eigenvalue weighted by Crippen LogP contribution is -2.38. The van der Waals surface area contributed by atoms with Crippen LogP contribution < -0.4 is 10.6 Å². The van der Waals surface area contributed by atoms with Crippen molar-refractivity contribution < 1.29 is 9.53 Å². The number of methoxy groups -OCH3 is 1. The van der Waals surface area contributed by atoms with Gasteiger partial charge in [-0.2, -0.15) is 0 Å². The van der Waals surface area contributed by atoms with Crippen molar-refractivity contribution in [2.45, 2.75) is 6.42 Å². The molecule has 2 aromatic heterocycles. The van der Waals surface area contributed by atoms with E-state index in [1.54, 1.807) is 29.8 Å². The van der Waals surface area contributed by atoms with E-state index in [2.05, 4.69) is 40.3 Å². The molecule has 6 heteroatoms. The van der Waals surface area contributed by atoms with Crippen LogP contribution in [0.25, 0.3) is 9.75 Å². The van der Waals surface area contributed by atoms with Gasteiger partial charge in [-0.15, -0.1) is 22.7 Å². The van der Waals surface area contributed by atoms with Crippen molar-refractivity contribution in [3.05, 3.63) is 34.5 Å². The molecule has 0 atom stereocenters. The predicted molar refractivity (Wildman–Crippen MR) is 84.6 cm³/mol. The van der Waals surface area contributed by atoms with E-state index >= 15 is 0 Å². The molecular formula is C14H18N2O2S2. The van der Waals surface area contributed by atoms with Crippen molar-refractivity contribution in [3.63, 3.8) is 0 Å². The van der Waals surface area contributed by atoms with Gasteiger partial charge in [0.25, 0.3) is 0 Å². The Morgan fingerprint density at radius 2 is 2.05 bits per heavy atom. The summed E-state index contributed by atoms with van der Waals surface area (Å²) in [6.07, 6.45) is 0.855. The number of thiophene rings is 2. The lowest BCUT2D eigenvalue weighted by molar-refractivity contribution is 0.196. The molecule has 0 unspecified atom stereocenters. The molecule has 0 fully saturated rings. The van der Waals surface area contributed by atoms with E-state index in [1.165, 1.54) is 14.6 Å². The average Bonchev–Trinajstić information content (AvgIpc) is 3.09. The molecule has 2 rings (SSSR count). The summed E-state index contributed by atoms with van der Waals surface area (Å²) in [5, 5.41) is 7.65. The molecule has 0 aliphatic heterocycles. The van der Waals surface area contributed by atoms with Crippen LogP contribution in [0.15, 0.2) is 29.6 Å². The summed E-state index contributed by atoms with van der Waals surface area (Å²) in [6.45, 7) is 1.70. The number of hydrogen-bond donors (Lipinski definition) is 2. The predicted octanol–water partition coefficient (Wildman–Crippen LogP) is 2.96. The fraction of sp³-hybridized carbons (Fsp3) is 0.357. The van der Waals surface area contributed by atoms with Crippen molar-refractivity contribution in [2.24, 2.45) is 0 Å². The van der Waals surface area contributed by atoms with Gasteiger partial charge in [0.1, 0.15) is 0 Å². The molecule has 0 aliphatic rings. The molecule has 20 heavy (non-hydrogen) atoms. The Balaban J connectivity index is 1.71. The first kappa shape index (κ1) is 15.0. The Hall–Kier alpha value is -1.37. The molecule has 0 saturated heterocycles. The van der Waals surface area contributed by atoms with Crippen LogP contribution in [0.2, 0.25) is 0 Å². The number of carbonyl (C=O) groups is 1. The van der Waals surface area contributed by atoms with Gasteiger partial charge in [-0.25, -0.2) is 4.79 Å². The van der Waals surface area contributed by atoms with Crippen LogP contribution in [-0.2, 0) is 11.2 Å². The highest BCUT2D eigenvalue weighted by Crippen LogP contribution is 2.31. The standard InChI is InChI=1S/C14H18N2O2S2/c1-18-9-8-16-14(17)15-7-6-11-4-5-13(20-11)12-3-2-10-19-12/h2-5,10H,6-9H2,1H3,(H2,15,16,17). The third-order valence-electron chi connectivity index (χ3n) is 2.67. The third kappa shape index (κ3) is 4.63. The molecule has 2 aromatic rings. The molecule has 0 aliphatic carbocycles. The first-order chi connectivity index (χ1) is 9.79. The summed E-state index contributed by atoms with van der Waals surface area (Å²) in [5.74, 6) is 0. The fourth-order valence-corrected chi connectivity index (χ4v) is 3.53. The van der Waals surface area contributed by atoms with Crippen LogP contribution >= 0.6 is 22.7 Å². The molecule has 2 amide bonds. The second-order valence-electron chi connectivity index (χ2n) is 4.17. The SMILES string of the molecule is COCCNC(=O)NCCc1ccc(-c2cccs2)s1. The van der Waals surface area contributed by atoms with E-state index in [4.69, 9.17) is 4.74 Å². The van der Waals surface area contributed by atoms with Crippen LogP contribution in [0, 0.1) is 0 Å². The van der Waals surface area contributed by atoms with Gasteiger partial charge >= 0.3 is 6.03 Å². The highest BCUT2D eigenvalue weighted by Gasteiger charge is 2.04. The van der Waals surface area contributed by atoms with Crippen molar-refractivity contribution in [1.82, 2.24) is 10.6 Å². The topological polar surface area (TPSA) is 50.4 Å². The summed E-state index contributed by atoms with van der Waals surface area (Å²) in [6, 6.07) is 8.32. The Morgan fingerprint density at radius 3 is 2.80 bits per heavy atom. The minimum Gasteiger partial charge on any atom is -0.383 e. The van der Waals surface area contributed by atoms with E-state index in [1.807, 2.05) is 0 Å². The van der Waals surface area contributed by atoms with E-state index in [0.29, 0.717) is 19.7 Å². The minimum atomic E-state index is -0.142. The first-order valence-corrected chi connectivity index (χ1v) is 8.12. The second kappa shape index (κ2) is 8.04. The summed E-state index contributed by atoms with van der Waals surface area (Å²) in [4.78, 5) is 15.3. The highest BCUT2D eigenvalue weighted by atomic mass is 32.1. The zero-order valence-electron chi connectivity index (χ0n) is 11.3. The average molecular weight is 310 g/mol. The highest BCUT2D eigenvalue weighted by molar-refractivity contribution is 7.21. The number of nitrogens with one attached hydrogen (secondary N) is 2. The lowest BCUT2D eigenvalue weighted by Gasteiger charge is -2.06. The Bertz CT molecular complexity index is 523. The van der Waals surface area contributed by atoms with E-state index in [0.717, 1.165) is 6.42 Å². The smallest absolute Gasteiger partial charge is 0.314 e. The lowest BCUT2D eigenvalue weighted by atomic mass is 10.3. The molecule has 0 spiro atoms. The van der Waals surface area contributed by atoms with Crippen molar-refractivity contribution in [3.8, 4) is 9.75 Å². The van der Waals surface area contributed by atoms with Gasteiger partial charge in [0.2, 0.25) is 0 Å². The number of hydrogen-bond acceptors (Lipinski definition) is 4. The van der Waals surface area contributed by atoms with Crippen molar-refractivity contribution in [2.75, 3.05) is 26.8 Å². The Morgan fingerprint density at radius 1 is 1.20 bits per heavy atom. The maximum absolute atomic E-state index is 11.4. The number of rotatable bonds is 7. The van der Waals surface area contributed by atoms with Gasteiger partial charge in [-0.3, -0.25) is 0 Å². The molecule has 4 nitrogen and oxygen atoms in total. The van der Waals surface area contributed by atoms with Gasteiger partial charge in [-0.05, 0) is 30.0 Å². The van der Waals surface area contributed by atoms with Gasteiger partial charge in [-0.1, -0.05) is 6.07 Å². The van der Waals surface area contributed by atoms with Crippen molar-refractivity contribution >= 4 is 28.7 Å². The van der Waals surface area contributed by atoms with Gasteiger partial charge in [0, 0.05) is 34.8 Å². The van der Waals surface area contributed by atoms with Gasteiger partial charge < -0.3 is 15.4 Å². The zero-order valence-corrected chi connectivity index (χ0v) is 13.0. The minimum absolute atomic E-state index is 0.142. The molecule has 0 aromatic carbocycles. The molecule has 0 bridgehead atoms. The zero-order chi connectivity index (χ0) is 14.2. The van der Waals surface area contributed by atoms with Crippen LogP contribution in [-0.4, -0.2) is 32.8 Å². The van der Waals surface area contributed by atoms with Crippen LogP contribution in [0.3, 0.4) is 0 Å². The van der Waals surface area contributed by atoms with E-state index in [-0.39, 0.29) is 6.03 Å². The van der Waals surface area contributed by atoms with E-state index in [9.17, 15) is 4.79 Å². The molecule has 2 N–H and O–H groups in total. The number of urea groups is 1. The fourth-order valence-electron chi connectivity index (χ4n) is 1.69. The van der Waals surface area contributed by atoms with Gasteiger partial charge in [0.15, 0.2) is 0 Å². The molecule has 2 heterocycles. The third-order valence-corrected chi connectivity index (χ3v) is 4.89. The summed E-state index contributed by atoms with van der Waals surface area (Å²) < 4.78 is 4.86. The number of amides is 2. The largest absolute Gasteiger partial charge is 0.383 e. The molecular weight excluding hydrogens is 292 g/mol. The molecule has 0 saturated carbocycles. The second-order valence-corrected chi connectivity index (χ2v) is 6.28. The van der Waals surface area contributed by atoms with Crippen molar-refractivity contribution in [1.29, 1.82) is 0 Å². The summed E-state index contributed by atoms with van der Waals surface area (Å²) >= 11 is 3.53. The summed E-state index contributed by atoms with van der Waals surface area (Å²) in [5.41, 5.74) is 0. The maximum atomic E-state index is 11.4. The summed E-state index contributed by atoms with van der Waals surface area (Å²) in [7, 11) is 1.61. The molecule has 108 valence electrons. The quantitative estimate of drug-likeness (QED) is 0.773. The van der Waals surface area contributed by atoms with Crippen LogP contribution in [0.1, 0.15) is 4.88 Å². The molecule has 0 radical (unpaired) electrons. The first-order valence-electron chi connectivity index (χ1n) is 6.43. The van der Waals surface area contributed by atoms with E-state index < -0.39 is 0 Å². The normalized spacial score (nSPS) is 10.4.